The molecule has 0 aromatic heterocycles. The van der Waals surface area contributed by atoms with E-state index in [1.54, 1.807) is 11.8 Å². The molecule has 2 rings (SSSR count). The molecule has 1 atom stereocenters. The van der Waals surface area contributed by atoms with Crippen molar-refractivity contribution in [2.45, 2.75) is 12.5 Å². The van der Waals surface area contributed by atoms with Gasteiger partial charge in [0.25, 0.3) is 5.91 Å². The highest BCUT2D eigenvalue weighted by Crippen LogP contribution is 2.10. The molecule has 0 aliphatic heterocycles. The summed E-state index contributed by atoms with van der Waals surface area (Å²) in [6, 6.07) is 17.7. The van der Waals surface area contributed by atoms with Gasteiger partial charge in [-0.05, 0) is 18.4 Å². The maximum Gasteiger partial charge on any atom is 0.312 e. The lowest BCUT2D eigenvalue weighted by molar-refractivity contribution is -0.122. The Morgan fingerprint density at radius 2 is 1.58 bits per heavy atom. The minimum atomic E-state index is -0.735. The first-order chi connectivity index (χ1) is 12.6. The van der Waals surface area contributed by atoms with Crippen LogP contribution in [-0.2, 0) is 4.79 Å². The van der Waals surface area contributed by atoms with Gasteiger partial charge in [0.05, 0.1) is 5.71 Å². The summed E-state index contributed by atoms with van der Waals surface area (Å²) in [6.45, 7) is 0. The fraction of sp³-hybridized carbons (Fsp3) is 0.211. The van der Waals surface area contributed by atoms with E-state index < -0.39 is 18.0 Å². The van der Waals surface area contributed by atoms with Crippen LogP contribution in [0.1, 0.15) is 17.5 Å². The van der Waals surface area contributed by atoms with Crippen molar-refractivity contribution in [3.8, 4) is 0 Å². The van der Waals surface area contributed by atoms with Crippen molar-refractivity contribution in [3.05, 3.63) is 71.8 Å². The molecule has 4 N–H and O–H groups in total. The molecule has 136 valence electrons. The molecule has 0 bridgehead atoms. The molecule has 1 unspecified atom stereocenters. The third-order valence-electron chi connectivity index (χ3n) is 3.62. The summed E-state index contributed by atoms with van der Waals surface area (Å²) in [5.41, 5.74) is 10.1. The van der Waals surface area contributed by atoms with Crippen molar-refractivity contribution in [3.63, 3.8) is 0 Å². The van der Waals surface area contributed by atoms with Gasteiger partial charge in [0.15, 0.2) is 0 Å². The number of hydrazone groups is 1. The highest BCUT2D eigenvalue weighted by molar-refractivity contribution is 7.98. The van der Waals surface area contributed by atoms with Crippen molar-refractivity contribution in [2.24, 2.45) is 10.8 Å². The number of nitrogens with zero attached hydrogens (tertiary/aromatic N) is 1. The van der Waals surface area contributed by atoms with Gasteiger partial charge in [0.2, 0.25) is 0 Å². The molecule has 7 heteroatoms. The van der Waals surface area contributed by atoms with E-state index in [0.717, 1.165) is 11.1 Å². The largest absolute Gasteiger partial charge is 0.352 e. The summed E-state index contributed by atoms with van der Waals surface area (Å²) in [4.78, 5) is 23.6. The SMILES string of the molecule is CSCCC(NC(N)=O)C(=O)NN=C(c1ccccc1)c1ccccc1. The third kappa shape index (κ3) is 5.93. The van der Waals surface area contributed by atoms with E-state index >= 15 is 0 Å². The van der Waals surface area contributed by atoms with Gasteiger partial charge in [-0.25, -0.2) is 10.2 Å². The van der Waals surface area contributed by atoms with Gasteiger partial charge in [-0.1, -0.05) is 60.7 Å². The molecular weight excluding hydrogens is 348 g/mol. The van der Waals surface area contributed by atoms with Gasteiger partial charge in [-0.15, -0.1) is 0 Å². The van der Waals surface area contributed by atoms with E-state index in [2.05, 4.69) is 15.8 Å². The predicted octanol–water partition coefficient (Wildman–Crippen LogP) is 2.35. The molecule has 26 heavy (non-hydrogen) atoms. The maximum atomic E-state index is 12.5. The number of carbonyl (C=O) groups is 2. The first-order valence-electron chi connectivity index (χ1n) is 8.15. The summed E-state index contributed by atoms with van der Waals surface area (Å²) < 4.78 is 0. The second kappa shape index (κ2) is 10.2. The Morgan fingerprint density at radius 1 is 1.04 bits per heavy atom. The molecule has 3 amide bonds. The van der Waals surface area contributed by atoms with Gasteiger partial charge in [0.1, 0.15) is 6.04 Å². The molecule has 6 nitrogen and oxygen atoms in total. The fourth-order valence-corrected chi connectivity index (χ4v) is 2.82. The summed E-state index contributed by atoms with van der Waals surface area (Å²) >= 11 is 1.58. The van der Waals surface area contributed by atoms with E-state index in [4.69, 9.17) is 5.73 Å². The molecule has 0 aliphatic rings. The van der Waals surface area contributed by atoms with Gasteiger partial charge in [0, 0.05) is 11.1 Å². The Bertz CT molecular complexity index is 709. The van der Waals surface area contributed by atoms with Crippen LogP contribution in [0.4, 0.5) is 4.79 Å². The van der Waals surface area contributed by atoms with Crippen molar-refractivity contribution < 1.29 is 9.59 Å². The molecule has 0 saturated heterocycles. The average molecular weight is 370 g/mol. The Kier molecular flexibility index (Phi) is 7.70. The Hall–Kier alpha value is -2.80. The standard InChI is InChI=1S/C19H22N4O2S/c1-26-13-12-16(21-19(20)25)18(24)23-22-17(14-8-4-2-5-9-14)15-10-6-3-7-11-15/h2-11,16H,12-13H2,1H3,(H,23,24)(H3,20,21,25). The topological polar surface area (TPSA) is 96.6 Å². The van der Waals surface area contributed by atoms with Crippen LogP contribution in [0.5, 0.6) is 0 Å². The van der Waals surface area contributed by atoms with Crippen LogP contribution in [0.25, 0.3) is 0 Å². The molecule has 2 aromatic carbocycles. The summed E-state index contributed by atoms with van der Waals surface area (Å²) in [5, 5.41) is 6.78. The van der Waals surface area contributed by atoms with E-state index in [1.807, 2.05) is 66.9 Å². The molecule has 2 aromatic rings. The van der Waals surface area contributed by atoms with Gasteiger partial charge in [-0.3, -0.25) is 4.79 Å². The van der Waals surface area contributed by atoms with E-state index in [0.29, 0.717) is 17.9 Å². The normalized spacial score (nSPS) is 11.3. The smallest absolute Gasteiger partial charge is 0.312 e. The van der Waals surface area contributed by atoms with Crippen LogP contribution in [0, 0.1) is 0 Å². The molecule has 0 aliphatic carbocycles. The van der Waals surface area contributed by atoms with Crippen LogP contribution in [-0.4, -0.2) is 35.7 Å². The zero-order chi connectivity index (χ0) is 18.8. The van der Waals surface area contributed by atoms with Crippen LogP contribution in [0.2, 0.25) is 0 Å². The van der Waals surface area contributed by atoms with E-state index in [1.165, 1.54) is 0 Å². The number of nitrogens with one attached hydrogen (secondary N) is 2. The lowest BCUT2D eigenvalue weighted by Gasteiger charge is -2.16. The van der Waals surface area contributed by atoms with Crippen LogP contribution in [0.3, 0.4) is 0 Å². The second-order valence-corrected chi connectivity index (χ2v) is 6.50. The number of amides is 3. The average Bonchev–Trinajstić information content (AvgIpc) is 2.66. The Balaban J connectivity index is 2.23. The van der Waals surface area contributed by atoms with E-state index in [9.17, 15) is 9.59 Å². The summed E-state index contributed by atoms with van der Waals surface area (Å²) in [7, 11) is 0. The van der Waals surface area contributed by atoms with Crippen LogP contribution >= 0.6 is 11.8 Å². The molecule has 0 fully saturated rings. The highest BCUT2D eigenvalue weighted by atomic mass is 32.2. The van der Waals surface area contributed by atoms with Crippen LogP contribution in [0.15, 0.2) is 65.8 Å². The monoisotopic (exact) mass is 370 g/mol. The molecule has 0 radical (unpaired) electrons. The number of nitrogens with two attached hydrogens (primary N) is 1. The van der Waals surface area contributed by atoms with Crippen molar-refractivity contribution >= 4 is 29.4 Å². The van der Waals surface area contributed by atoms with Gasteiger partial charge in [-0.2, -0.15) is 16.9 Å². The van der Waals surface area contributed by atoms with Crippen molar-refractivity contribution in [1.29, 1.82) is 0 Å². The highest BCUT2D eigenvalue weighted by Gasteiger charge is 2.19. The lowest BCUT2D eigenvalue weighted by Crippen LogP contribution is -2.48. The summed E-state index contributed by atoms with van der Waals surface area (Å²) in [6.07, 6.45) is 2.40. The molecule has 0 saturated carbocycles. The number of hydrogen-bond donors (Lipinski definition) is 3. The van der Waals surface area contributed by atoms with Gasteiger partial charge >= 0.3 is 6.03 Å². The maximum absolute atomic E-state index is 12.5. The predicted molar refractivity (Wildman–Crippen MR) is 106 cm³/mol. The molecule has 0 spiro atoms. The number of benzene rings is 2. The number of hydrogen-bond acceptors (Lipinski definition) is 4. The Labute approximate surface area is 157 Å². The third-order valence-corrected chi connectivity index (χ3v) is 4.26. The first kappa shape index (κ1) is 19.5. The number of carbonyl (C=O) groups excluding carboxylic acids is 2. The van der Waals surface area contributed by atoms with Crippen molar-refractivity contribution in [1.82, 2.24) is 10.7 Å². The molecular formula is C19H22N4O2S. The van der Waals surface area contributed by atoms with E-state index in [-0.39, 0.29) is 0 Å². The number of rotatable bonds is 8. The quantitative estimate of drug-likeness (QED) is 0.491. The molecule has 0 heterocycles. The second-order valence-electron chi connectivity index (χ2n) is 5.51. The number of primary amides is 1. The Morgan fingerprint density at radius 3 is 2.04 bits per heavy atom. The lowest BCUT2D eigenvalue weighted by atomic mass is 10.0. The van der Waals surface area contributed by atoms with Crippen molar-refractivity contribution in [2.75, 3.05) is 12.0 Å². The van der Waals surface area contributed by atoms with Crippen LogP contribution < -0.4 is 16.5 Å². The number of urea groups is 1. The minimum Gasteiger partial charge on any atom is -0.352 e. The fourth-order valence-electron chi connectivity index (χ4n) is 2.35. The zero-order valence-electron chi connectivity index (χ0n) is 14.5. The minimum absolute atomic E-state index is 0.401. The summed E-state index contributed by atoms with van der Waals surface area (Å²) in [5.74, 6) is 0.314. The number of thioether (sulfide) groups is 1. The first-order valence-corrected chi connectivity index (χ1v) is 9.54. The zero-order valence-corrected chi connectivity index (χ0v) is 15.3. The van der Waals surface area contributed by atoms with Gasteiger partial charge < -0.3 is 11.1 Å².